The van der Waals surface area contributed by atoms with E-state index in [1.54, 1.807) is 18.3 Å². The molecule has 0 amide bonds. The Bertz CT molecular complexity index is 448. The van der Waals surface area contributed by atoms with Crippen molar-refractivity contribution in [2.24, 2.45) is 0 Å². The monoisotopic (exact) mass is 310 g/mol. The zero-order valence-corrected chi connectivity index (χ0v) is 12.5. The molecule has 0 fully saturated rings. The van der Waals surface area contributed by atoms with Crippen LogP contribution in [0.15, 0.2) is 6.07 Å². The number of alkyl halides is 1. The van der Waals surface area contributed by atoms with Crippen LogP contribution in [0.3, 0.4) is 0 Å². The Morgan fingerprint density at radius 2 is 1.93 bits per heavy atom. The van der Waals surface area contributed by atoms with E-state index in [0.29, 0.717) is 0 Å². The summed E-state index contributed by atoms with van der Waals surface area (Å²) in [7, 11) is -3.00. The minimum atomic E-state index is -3.00. The molecule has 0 aliphatic carbocycles. The molecule has 5 heteroatoms. The van der Waals surface area contributed by atoms with E-state index in [9.17, 15) is 8.42 Å². The van der Waals surface area contributed by atoms with Crippen molar-refractivity contribution in [2.45, 2.75) is 30.8 Å². The number of hydrogen-bond acceptors (Lipinski definition) is 3. The first-order valence-electron chi connectivity index (χ1n) is 4.63. The van der Waals surface area contributed by atoms with Gasteiger partial charge in [-0.25, -0.2) is 8.42 Å². The van der Waals surface area contributed by atoms with Crippen molar-refractivity contribution in [1.29, 1.82) is 0 Å². The van der Waals surface area contributed by atoms with Gasteiger partial charge in [-0.1, -0.05) is 15.9 Å². The Morgan fingerprint density at radius 1 is 1.40 bits per heavy atom. The standard InChI is InChI=1S/C10H15BrO2S2/c1-6-5-9(7(2)14-6)10(11)8(3)15(4,12)13/h5,8,10H,1-4H3. The van der Waals surface area contributed by atoms with Gasteiger partial charge in [0.15, 0.2) is 9.84 Å². The van der Waals surface area contributed by atoms with Gasteiger partial charge in [-0.05, 0) is 32.4 Å². The molecular weight excluding hydrogens is 296 g/mol. The van der Waals surface area contributed by atoms with Gasteiger partial charge >= 0.3 is 0 Å². The van der Waals surface area contributed by atoms with Gasteiger partial charge in [-0.15, -0.1) is 11.3 Å². The number of thiophene rings is 1. The van der Waals surface area contributed by atoms with Crippen molar-refractivity contribution in [1.82, 2.24) is 0 Å². The molecule has 1 rings (SSSR count). The number of aryl methyl sites for hydroxylation is 2. The quantitative estimate of drug-likeness (QED) is 0.803. The second kappa shape index (κ2) is 4.55. The molecule has 0 aliphatic heterocycles. The van der Waals surface area contributed by atoms with E-state index >= 15 is 0 Å². The van der Waals surface area contributed by atoms with Crippen LogP contribution in [0, 0.1) is 13.8 Å². The van der Waals surface area contributed by atoms with Crippen LogP contribution in [0.1, 0.15) is 27.1 Å². The first-order chi connectivity index (χ1) is 6.73. The minimum absolute atomic E-state index is 0.113. The lowest BCUT2D eigenvalue weighted by atomic mass is 10.1. The lowest BCUT2D eigenvalue weighted by Crippen LogP contribution is -2.20. The molecule has 0 bridgehead atoms. The third-order valence-corrected chi connectivity index (χ3v) is 6.70. The summed E-state index contributed by atoms with van der Waals surface area (Å²) in [6.07, 6.45) is 1.28. The van der Waals surface area contributed by atoms with Gasteiger partial charge in [0.25, 0.3) is 0 Å². The lowest BCUT2D eigenvalue weighted by Gasteiger charge is -2.16. The highest BCUT2D eigenvalue weighted by molar-refractivity contribution is 9.09. The lowest BCUT2D eigenvalue weighted by molar-refractivity contribution is 0.588. The van der Waals surface area contributed by atoms with Crippen LogP contribution in [-0.4, -0.2) is 19.9 Å². The zero-order valence-electron chi connectivity index (χ0n) is 9.24. The zero-order chi connectivity index (χ0) is 11.8. The number of halogens is 1. The topological polar surface area (TPSA) is 34.1 Å². The highest BCUT2D eigenvalue weighted by atomic mass is 79.9. The van der Waals surface area contributed by atoms with Crippen molar-refractivity contribution in [3.63, 3.8) is 0 Å². The molecule has 2 unspecified atom stereocenters. The molecule has 0 N–H and O–H groups in total. The van der Waals surface area contributed by atoms with Crippen molar-refractivity contribution in [3.05, 3.63) is 21.4 Å². The molecule has 1 aromatic heterocycles. The maximum atomic E-state index is 11.4. The number of hydrogen-bond donors (Lipinski definition) is 0. The largest absolute Gasteiger partial charge is 0.229 e. The number of rotatable bonds is 3. The van der Waals surface area contributed by atoms with Crippen molar-refractivity contribution in [3.8, 4) is 0 Å². The molecule has 0 aliphatic rings. The van der Waals surface area contributed by atoms with Crippen LogP contribution in [0.4, 0.5) is 0 Å². The second-order valence-corrected chi connectivity index (χ2v) is 8.65. The number of sulfone groups is 1. The Kier molecular flexibility index (Phi) is 4.01. The smallest absolute Gasteiger partial charge is 0.151 e. The molecule has 15 heavy (non-hydrogen) atoms. The molecule has 2 nitrogen and oxygen atoms in total. The second-order valence-electron chi connectivity index (χ2n) is 3.80. The van der Waals surface area contributed by atoms with Gasteiger partial charge in [-0.3, -0.25) is 0 Å². The Morgan fingerprint density at radius 3 is 2.27 bits per heavy atom. The van der Waals surface area contributed by atoms with E-state index in [4.69, 9.17) is 0 Å². The summed E-state index contributed by atoms with van der Waals surface area (Å²) in [5.74, 6) is 0. The van der Waals surface area contributed by atoms with E-state index in [0.717, 1.165) is 5.56 Å². The first kappa shape index (κ1) is 13.2. The maximum Gasteiger partial charge on any atom is 0.151 e. The highest BCUT2D eigenvalue weighted by Crippen LogP contribution is 2.36. The van der Waals surface area contributed by atoms with E-state index in [1.807, 2.05) is 13.8 Å². The average Bonchev–Trinajstić information content (AvgIpc) is 2.41. The van der Waals surface area contributed by atoms with E-state index < -0.39 is 15.1 Å². The maximum absolute atomic E-state index is 11.4. The van der Waals surface area contributed by atoms with Gasteiger partial charge in [0.1, 0.15) is 0 Å². The van der Waals surface area contributed by atoms with Crippen LogP contribution in [0.25, 0.3) is 0 Å². The van der Waals surface area contributed by atoms with Gasteiger partial charge in [0.2, 0.25) is 0 Å². The highest BCUT2D eigenvalue weighted by Gasteiger charge is 2.26. The van der Waals surface area contributed by atoms with Gasteiger partial charge in [-0.2, -0.15) is 0 Å². The fraction of sp³-hybridized carbons (Fsp3) is 0.600. The molecule has 0 radical (unpaired) electrons. The fourth-order valence-electron chi connectivity index (χ4n) is 1.39. The van der Waals surface area contributed by atoms with Crippen molar-refractivity contribution < 1.29 is 8.42 Å². The van der Waals surface area contributed by atoms with E-state index in [1.165, 1.54) is 16.0 Å². The molecule has 1 aromatic rings. The van der Waals surface area contributed by atoms with Crippen LogP contribution < -0.4 is 0 Å². The van der Waals surface area contributed by atoms with E-state index in [-0.39, 0.29) is 4.83 Å². The summed E-state index contributed by atoms with van der Waals surface area (Å²) in [5.41, 5.74) is 1.09. The third kappa shape index (κ3) is 3.04. The van der Waals surface area contributed by atoms with Crippen molar-refractivity contribution >= 4 is 37.1 Å². The predicted octanol–water partition coefficient (Wildman–Crippen LogP) is 3.23. The molecule has 0 spiro atoms. The average molecular weight is 311 g/mol. The Hall–Kier alpha value is 0.130. The van der Waals surface area contributed by atoms with Gasteiger partial charge in [0.05, 0.1) is 10.1 Å². The SMILES string of the molecule is Cc1cc(C(Br)C(C)S(C)(=O)=O)c(C)s1. The third-order valence-electron chi connectivity index (χ3n) is 2.46. The first-order valence-corrected chi connectivity index (χ1v) is 8.32. The summed E-state index contributed by atoms with van der Waals surface area (Å²) in [6.45, 7) is 5.80. The summed E-state index contributed by atoms with van der Waals surface area (Å²) in [4.78, 5) is 2.29. The molecule has 86 valence electrons. The molecule has 2 atom stereocenters. The minimum Gasteiger partial charge on any atom is -0.229 e. The van der Waals surface area contributed by atoms with Crippen LogP contribution >= 0.6 is 27.3 Å². The summed E-state index contributed by atoms with van der Waals surface area (Å²) in [6, 6.07) is 2.06. The molecular formula is C10H15BrO2S2. The van der Waals surface area contributed by atoms with Crippen LogP contribution in [0.2, 0.25) is 0 Å². The summed E-state index contributed by atoms with van der Waals surface area (Å²) >= 11 is 5.18. The summed E-state index contributed by atoms with van der Waals surface area (Å²) < 4.78 is 22.9. The molecule has 0 saturated carbocycles. The van der Waals surface area contributed by atoms with Gasteiger partial charge < -0.3 is 0 Å². The fourth-order valence-corrected chi connectivity index (χ4v) is 4.75. The van der Waals surface area contributed by atoms with Gasteiger partial charge in [0, 0.05) is 16.0 Å². The normalized spacial score (nSPS) is 16.3. The Balaban J connectivity index is 3.05. The van der Waals surface area contributed by atoms with Crippen LogP contribution in [-0.2, 0) is 9.84 Å². The molecule has 0 aromatic carbocycles. The predicted molar refractivity (Wildman–Crippen MR) is 69.8 cm³/mol. The summed E-state index contributed by atoms with van der Waals surface area (Å²) in [5, 5.41) is -0.398. The van der Waals surface area contributed by atoms with Crippen LogP contribution in [0.5, 0.6) is 0 Å². The Labute approximate surface area is 104 Å². The molecule has 1 heterocycles. The van der Waals surface area contributed by atoms with E-state index in [2.05, 4.69) is 22.0 Å². The molecule has 0 saturated heterocycles. The van der Waals surface area contributed by atoms with Crippen molar-refractivity contribution in [2.75, 3.05) is 6.26 Å².